The van der Waals surface area contributed by atoms with Crippen LogP contribution in [0.1, 0.15) is 81.9 Å². The molecule has 1 aromatic heterocycles. The predicted molar refractivity (Wildman–Crippen MR) is 87.5 cm³/mol. The molecule has 116 valence electrons. The van der Waals surface area contributed by atoms with Crippen LogP contribution in [0.3, 0.4) is 0 Å². The number of aldehydes is 1. The van der Waals surface area contributed by atoms with Crippen molar-refractivity contribution in [1.29, 1.82) is 0 Å². The quantitative estimate of drug-likeness (QED) is 0.493. The molecule has 21 heavy (non-hydrogen) atoms. The standard InChI is InChI=1S/C19H29NO/c1-2-3-4-6-16-8-11-18(12-9-16)19-13-10-17(15-20-19)7-5-14-21/h10,13-16,18H,2-9,11-12H2,1H3/t16-,18-. The summed E-state index contributed by atoms with van der Waals surface area (Å²) < 4.78 is 0. The number of carbonyl (C=O) groups is 1. The number of hydrogen-bond donors (Lipinski definition) is 0. The van der Waals surface area contributed by atoms with E-state index in [1.165, 1.54) is 62.6 Å². The first kappa shape index (κ1) is 16.2. The van der Waals surface area contributed by atoms with Gasteiger partial charge < -0.3 is 4.79 Å². The molecular formula is C19H29NO. The van der Waals surface area contributed by atoms with Crippen molar-refractivity contribution >= 4 is 6.29 Å². The van der Waals surface area contributed by atoms with Gasteiger partial charge in [0, 0.05) is 24.2 Å². The predicted octanol–water partition coefficient (Wildman–Crippen LogP) is 5.07. The molecule has 0 aromatic carbocycles. The maximum Gasteiger partial charge on any atom is 0.120 e. The molecule has 2 rings (SSSR count). The lowest BCUT2D eigenvalue weighted by Gasteiger charge is -2.28. The molecule has 1 heterocycles. The molecule has 1 saturated carbocycles. The van der Waals surface area contributed by atoms with Crippen molar-refractivity contribution in [3.63, 3.8) is 0 Å². The van der Waals surface area contributed by atoms with Crippen molar-refractivity contribution in [2.45, 2.75) is 77.0 Å². The third-order valence-electron chi connectivity index (χ3n) is 4.88. The minimum absolute atomic E-state index is 0.601. The maximum atomic E-state index is 10.4. The molecule has 0 atom stereocenters. The Morgan fingerprint density at radius 3 is 2.62 bits per heavy atom. The fraction of sp³-hybridized carbons (Fsp3) is 0.684. The van der Waals surface area contributed by atoms with Gasteiger partial charge in [0.05, 0.1) is 0 Å². The highest BCUT2D eigenvalue weighted by atomic mass is 16.1. The van der Waals surface area contributed by atoms with E-state index in [0.29, 0.717) is 12.3 Å². The van der Waals surface area contributed by atoms with Crippen LogP contribution < -0.4 is 0 Å². The van der Waals surface area contributed by atoms with Crippen LogP contribution in [0.4, 0.5) is 0 Å². The fourth-order valence-corrected chi connectivity index (χ4v) is 3.48. The molecule has 0 N–H and O–H groups in total. The third kappa shape index (κ3) is 5.26. The monoisotopic (exact) mass is 287 g/mol. The number of unbranched alkanes of at least 4 members (excludes halogenated alkanes) is 2. The average molecular weight is 287 g/mol. The van der Waals surface area contributed by atoms with Crippen LogP contribution in [-0.2, 0) is 11.2 Å². The topological polar surface area (TPSA) is 30.0 Å². The van der Waals surface area contributed by atoms with Crippen LogP contribution in [-0.4, -0.2) is 11.3 Å². The first-order valence-electron chi connectivity index (χ1n) is 8.72. The van der Waals surface area contributed by atoms with Crippen LogP contribution in [0, 0.1) is 5.92 Å². The second-order valence-electron chi connectivity index (χ2n) is 6.51. The Balaban J connectivity index is 1.77. The molecule has 0 radical (unpaired) electrons. The minimum Gasteiger partial charge on any atom is -0.303 e. The van der Waals surface area contributed by atoms with Crippen LogP contribution in [0.2, 0.25) is 0 Å². The van der Waals surface area contributed by atoms with Crippen molar-refractivity contribution in [1.82, 2.24) is 4.98 Å². The highest BCUT2D eigenvalue weighted by Gasteiger charge is 2.22. The molecule has 1 aliphatic rings. The average Bonchev–Trinajstić information content (AvgIpc) is 2.54. The molecule has 1 aromatic rings. The van der Waals surface area contributed by atoms with Gasteiger partial charge in [-0.2, -0.15) is 0 Å². The molecule has 0 spiro atoms. The molecule has 0 unspecified atom stereocenters. The molecule has 2 heteroatoms. The van der Waals surface area contributed by atoms with Gasteiger partial charge in [0.15, 0.2) is 0 Å². The van der Waals surface area contributed by atoms with Gasteiger partial charge in [-0.3, -0.25) is 4.98 Å². The smallest absolute Gasteiger partial charge is 0.120 e. The largest absolute Gasteiger partial charge is 0.303 e. The zero-order valence-electron chi connectivity index (χ0n) is 13.4. The van der Waals surface area contributed by atoms with E-state index in [1.807, 2.05) is 6.20 Å². The Kier molecular flexibility index (Phi) is 6.91. The van der Waals surface area contributed by atoms with Crippen molar-refractivity contribution in [2.24, 2.45) is 5.92 Å². The summed E-state index contributed by atoms with van der Waals surface area (Å²) in [6.07, 6.45) is 15.3. The highest BCUT2D eigenvalue weighted by Crippen LogP contribution is 2.37. The van der Waals surface area contributed by atoms with Crippen LogP contribution in [0.15, 0.2) is 18.3 Å². The Hall–Kier alpha value is -1.18. The lowest BCUT2D eigenvalue weighted by molar-refractivity contribution is -0.107. The Morgan fingerprint density at radius 2 is 2.00 bits per heavy atom. The number of nitrogens with zero attached hydrogens (tertiary/aromatic N) is 1. The lowest BCUT2D eigenvalue weighted by atomic mass is 9.78. The summed E-state index contributed by atoms with van der Waals surface area (Å²) in [5, 5.41) is 0. The second-order valence-corrected chi connectivity index (χ2v) is 6.51. The van der Waals surface area contributed by atoms with Crippen molar-refractivity contribution in [3.8, 4) is 0 Å². The highest BCUT2D eigenvalue weighted by molar-refractivity contribution is 5.49. The normalized spacial score (nSPS) is 22.1. The summed E-state index contributed by atoms with van der Waals surface area (Å²) in [6.45, 7) is 2.28. The summed E-state index contributed by atoms with van der Waals surface area (Å²) in [7, 11) is 0. The third-order valence-corrected chi connectivity index (χ3v) is 4.88. The fourth-order valence-electron chi connectivity index (χ4n) is 3.48. The van der Waals surface area contributed by atoms with E-state index < -0.39 is 0 Å². The summed E-state index contributed by atoms with van der Waals surface area (Å²) in [5.74, 6) is 1.62. The van der Waals surface area contributed by atoms with Crippen LogP contribution >= 0.6 is 0 Å². The molecule has 0 amide bonds. The van der Waals surface area contributed by atoms with E-state index in [1.54, 1.807) is 0 Å². The molecule has 2 nitrogen and oxygen atoms in total. The lowest BCUT2D eigenvalue weighted by Crippen LogP contribution is -2.14. The number of hydrogen-bond acceptors (Lipinski definition) is 2. The van der Waals surface area contributed by atoms with E-state index in [2.05, 4.69) is 24.0 Å². The van der Waals surface area contributed by atoms with Crippen molar-refractivity contribution in [3.05, 3.63) is 29.6 Å². The molecule has 1 aliphatic carbocycles. The van der Waals surface area contributed by atoms with E-state index in [0.717, 1.165) is 18.6 Å². The number of pyridine rings is 1. The van der Waals surface area contributed by atoms with Gasteiger partial charge in [-0.15, -0.1) is 0 Å². The Bertz CT molecular complexity index is 404. The van der Waals surface area contributed by atoms with Gasteiger partial charge in [-0.1, -0.05) is 38.7 Å². The Labute approximate surface area is 129 Å². The van der Waals surface area contributed by atoms with E-state index >= 15 is 0 Å². The van der Waals surface area contributed by atoms with Gasteiger partial charge >= 0.3 is 0 Å². The summed E-state index contributed by atoms with van der Waals surface area (Å²) >= 11 is 0. The van der Waals surface area contributed by atoms with Gasteiger partial charge in [0.1, 0.15) is 6.29 Å². The first-order valence-corrected chi connectivity index (χ1v) is 8.72. The second kappa shape index (κ2) is 8.96. The SMILES string of the molecule is CCCCC[C@H]1CC[C@H](c2ccc(CCC=O)cn2)CC1. The molecule has 1 fully saturated rings. The van der Waals surface area contributed by atoms with Crippen LogP contribution in [0.5, 0.6) is 0 Å². The van der Waals surface area contributed by atoms with Gasteiger partial charge in [0.2, 0.25) is 0 Å². The Morgan fingerprint density at radius 1 is 1.19 bits per heavy atom. The number of carbonyl (C=O) groups excluding carboxylic acids is 1. The van der Waals surface area contributed by atoms with E-state index in [4.69, 9.17) is 0 Å². The van der Waals surface area contributed by atoms with Crippen LogP contribution in [0.25, 0.3) is 0 Å². The zero-order valence-corrected chi connectivity index (χ0v) is 13.4. The van der Waals surface area contributed by atoms with Gasteiger partial charge in [-0.25, -0.2) is 0 Å². The van der Waals surface area contributed by atoms with E-state index in [-0.39, 0.29) is 0 Å². The number of rotatable bonds is 8. The molecular weight excluding hydrogens is 258 g/mol. The van der Waals surface area contributed by atoms with E-state index in [9.17, 15) is 4.79 Å². The molecule has 0 aliphatic heterocycles. The summed E-state index contributed by atoms with van der Waals surface area (Å²) in [5.41, 5.74) is 2.44. The summed E-state index contributed by atoms with van der Waals surface area (Å²) in [4.78, 5) is 15.0. The summed E-state index contributed by atoms with van der Waals surface area (Å²) in [6, 6.07) is 4.33. The minimum atomic E-state index is 0.601. The molecule has 0 saturated heterocycles. The molecule has 0 bridgehead atoms. The zero-order chi connectivity index (χ0) is 14.9. The van der Waals surface area contributed by atoms with Crippen molar-refractivity contribution < 1.29 is 4.79 Å². The number of aromatic nitrogens is 1. The van der Waals surface area contributed by atoms with Gasteiger partial charge in [-0.05, 0) is 49.7 Å². The van der Waals surface area contributed by atoms with Gasteiger partial charge in [0.25, 0.3) is 0 Å². The first-order chi connectivity index (χ1) is 10.3. The number of aryl methyl sites for hydroxylation is 1. The maximum absolute atomic E-state index is 10.4. The van der Waals surface area contributed by atoms with Crippen molar-refractivity contribution in [2.75, 3.05) is 0 Å².